The number of nitrogens with one attached hydrogen (secondary N) is 1. The predicted molar refractivity (Wildman–Crippen MR) is 98.1 cm³/mol. The van der Waals surface area contributed by atoms with Crippen LogP contribution in [-0.4, -0.2) is 43.2 Å². The third kappa shape index (κ3) is 7.37. The smallest absolute Gasteiger partial charge is 0.445 e. The van der Waals surface area contributed by atoms with Crippen LogP contribution < -0.4 is 5.32 Å². The van der Waals surface area contributed by atoms with Gasteiger partial charge in [-0.15, -0.1) is 0 Å². The number of hydrogen-bond donors (Lipinski definition) is 2. The second kappa shape index (κ2) is 10.8. The number of ether oxygens (including phenoxy) is 3. The summed E-state index contributed by atoms with van der Waals surface area (Å²) in [6.07, 6.45) is -2.36. The molecular formula is C20H23NO6. The second-order valence-corrected chi connectivity index (χ2v) is 5.83. The Morgan fingerprint density at radius 2 is 1.56 bits per heavy atom. The SMILES string of the molecule is COC(=O)OCC(O)C(Cc1ccccc1)NC(=O)OCc1ccccc1. The highest BCUT2D eigenvalue weighted by molar-refractivity contribution is 5.67. The van der Waals surface area contributed by atoms with Crippen molar-refractivity contribution < 1.29 is 28.9 Å². The van der Waals surface area contributed by atoms with Gasteiger partial charge in [-0.3, -0.25) is 0 Å². The zero-order valence-corrected chi connectivity index (χ0v) is 15.0. The first-order valence-corrected chi connectivity index (χ1v) is 8.48. The van der Waals surface area contributed by atoms with Crippen LogP contribution in [-0.2, 0) is 27.2 Å². The van der Waals surface area contributed by atoms with Crippen molar-refractivity contribution in [3.8, 4) is 0 Å². The zero-order chi connectivity index (χ0) is 19.5. The van der Waals surface area contributed by atoms with Crippen molar-refractivity contribution in [3.63, 3.8) is 0 Å². The maximum absolute atomic E-state index is 12.1. The summed E-state index contributed by atoms with van der Waals surface area (Å²) in [5.41, 5.74) is 1.75. The van der Waals surface area contributed by atoms with Crippen LogP contribution in [0.15, 0.2) is 60.7 Å². The van der Waals surface area contributed by atoms with Gasteiger partial charge in [0.05, 0.1) is 13.2 Å². The molecule has 0 aliphatic rings. The Hall–Kier alpha value is -3.06. The van der Waals surface area contributed by atoms with Gasteiger partial charge in [0.2, 0.25) is 0 Å². The lowest BCUT2D eigenvalue weighted by Crippen LogP contribution is -2.47. The van der Waals surface area contributed by atoms with E-state index in [4.69, 9.17) is 9.47 Å². The van der Waals surface area contributed by atoms with Gasteiger partial charge in [-0.2, -0.15) is 0 Å². The number of carbonyl (C=O) groups is 2. The minimum Gasteiger partial charge on any atom is -0.445 e. The fourth-order valence-corrected chi connectivity index (χ4v) is 2.40. The molecule has 0 saturated heterocycles. The third-order valence-corrected chi connectivity index (χ3v) is 3.82. The number of aliphatic hydroxyl groups excluding tert-OH is 1. The summed E-state index contributed by atoms with van der Waals surface area (Å²) in [5.74, 6) is 0. The quantitative estimate of drug-likeness (QED) is 0.691. The van der Waals surface area contributed by atoms with Crippen LogP contribution in [0.25, 0.3) is 0 Å². The van der Waals surface area contributed by atoms with Crippen molar-refractivity contribution in [1.29, 1.82) is 0 Å². The van der Waals surface area contributed by atoms with Gasteiger partial charge in [0.15, 0.2) is 0 Å². The van der Waals surface area contributed by atoms with E-state index in [0.717, 1.165) is 11.1 Å². The minimum atomic E-state index is -1.13. The molecule has 0 saturated carbocycles. The van der Waals surface area contributed by atoms with Crippen molar-refractivity contribution in [1.82, 2.24) is 5.32 Å². The highest BCUT2D eigenvalue weighted by Crippen LogP contribution is 2.08. The molecule has 27 heavy (non-hydrogen) atoms. The van der Waals surface area contributed by atoms with Crippen molar-refractivity contribution in [2.24, 2.45) is 0 Å². The summed E-state index contributed by atoms with van der Waals surface area (Å²) in [7, 11) is 1.18. The molecule has 0 aliphatic carbocycles. The van der Waals surface area contributed by atoms with E-state index < -0.39 is 24.4 Å². The van der Waals surface area contributed by atoms with Gasteiger partial charge in [0.1, 0.15) is 19.3 Å². The molecule has 7 nitrogen and oxygen atoms in total. The fourth-order valence-electron chi connectivity index (χ4n) is 2.40. The van der Waals surface area contributed by atoms with Gasteiger partial charge in [-0.1, -0.05) is 60.7 Å². The molecule has 144 valence electrons. The average molecular weight is 373 g/mol. The van der Waals surface area contributed by atoms with Crippen molar-refractivity contribution in [3.05, 3.63) is 71.8 Å². The maximum Gasteiger partial charge on any atom is 0.508 e. The minimum absolute atomic E-state index is 0.111. The summed E-state index contributed by atoms with van der Waals surface area (Å²) in [6, 6.07) is 17.9. The zero-order valence-electron chi connectivity index (χ0n) is 15.0. The van der Waals surface area contributed by atoms with Crippen LogP contribution in [0, 0.1) is 0 Å². The first-order valence-electron chi connectivity index (χ1n) is 8.48. The molecule has 2 atom stereocenters. The number of hydrogen-bond acceptors (Lipinski definition) is 6. The number of alkyl carbamates (subject to hydrolysis) is 1. The molecular weight excluding hydrogens is 350 g/mol. The van der Waals surface area contributed by atoms with E-state index in [1.165, 1.54) is 7.11 Å². The number of rotatable bonds is 8. The first kappa shape index (κ1) is 20.3. The Morgan fingerprint density at radius 3 is 2.15 bits per heavy atom. The van der Waals surface area contributed by atoms with Crippen LogP contribution in [0.3, 0.4) is 0 Å². The molecule has 0 radical (unpaired) electrons. The summed E-state index contributed by atoms with van der Waals surface area (Å²) in [4.78, 5) is 23.3. The molecule has 2 unspecified atom stereocenters. The molecule has 0 aliphatic heterocycles. The Kier molecular flexibility index (Phi) is 8.12. The summed E-state index contributed by atoms with van der Waals surface area (Å²) < 4.78 is 14.4. The predicted octanol–water partition coefficient (Wildman–Crippen LogP) is 2.67. The average Bonchev–Trinajstić information content (AvgIpc) is 2.71. The van der Waals surface area contributed by atoms with E-state index in [1.807, 2.05) is 60.7 Å². The van der Waals surface area contributed by atoms with E-state index in [0.29, 0.717) is 6.42 Å². The summed E-state index contributed by atoms with van der Waals surface area (Å²) in [6.45, 7) is -0.206. The molecule has 0 heterocycles. The van der Waals surface area contributed by atoms with Gasteiger partial charge in [-0.05, 0) is 17.5 Å². The molecule has 0 fully saturated rings. The van der Waals surface area contributed by atoms with Crippen molar-refractivity contribution in [2.75, 3.05) is 13.7 Å². The normalized spacial score (nSPS) is 12.5. The molecule has 0 bridgehead atoms. The van der Waals surface area contributed by atoms with E-state index in [9.17, 15) is 14.7 Å². The summed E-state index contributed by atoms with van der Waals surface area (Å²) in [5, 5.41) is 13.0. The van der Waals surface area contributed by atoms with E-state index in [-0.39, 0.29) is 13.2 Å². The molecule has 7 heteroatoms. The molecule has 0 aromatic heterocycles. The second-order valence-electron chi connectivity index (χ2n) is 5.83. The molecule has 2 aromatic rings. The van der Waals surface area contributed by atoms with Crippen LogP contribution in [0.2, 0.25) is 0 Å². The molecule has 2 aromatic carbocycles. The summed E-state index contributed by atoms with van der Waals surface area (Å²) >= 11 is 0. The van der Waals surface area contributed by atoms with Gasteiger partial charge in [0.25, 0.3) is 0 Å². The Bertz CT molecular complexity index is 707. The Morgan fingerprint density at radius 1 is 0.963 bits per heavy atom. The maximum atomic E-state index is 12.1. The van der Waals surface area contributed by atoms with Gasteiger partial charge in [-0.25, -0.2) is 9.59 Å². The van der Waals surface area contributed by atoms with E-state index in [2.05, 4.69) is 10.1 Å². The number of benzene rings is 2. The number of amides is 1. The fraction of sp³-hybridized carbons (Fsp3) is 0.300. The molecule has 2 rings (SSSR count). The van der Waals surface area contributed by atoms with Gasteiger partial charge < -0.3 is 24.6 Å². The lowest BCUT2D eigenvalue weighted by molar-refractivity contribution is 0.0147. The number of carbonyl (C=O) groups excluding carboxylic acids is 2. The Labute approximate surface area is 157 Å². The van der Waals surface area contributed by atoms with Gasteiger partial charge in [0, 0.05) is 0 Å². The molecule has 2 N–H and O–H groups in total. The van der Waals surface area contributed by atoms with Crippen molar-refractivity contribution >= 4 is 12.2 Å². The third-order valence-electron chi connectivity index (χ3n) is 3.82. The van der Waals surface area contributed by atoms with E-state index >= 15 is 0 Å². The molecule has 1 amide bonds. The van der Waals surface area contributed by atoms with Crippen LogP contribution in [0.5, 0.6) is 0 Å². The van der Waals surface area contributed by atoms with Crippen LogP contribution >= 0.6 is 0 Å². The Balaban J connectivity index is 1.95. The van der Waals surface area contributed by atoms with E-state index in [1.54, 1.807) is 0 Å². The monoisotopic (exact) mass is 373 g/mol. The largest absolute Gasteiger partial charge is 0.508 e. The lowest BCUT2D eigenvalue weighted by Gasteiger charge is -2.23. The number of methoxy groups -OCH3 is 1. The lowest BCUT2D eigenvalue weighted by atomic mass is 10.0. The van der Waals surface area contributed by atoms with Gasteiger partial charge >= 0.3 is 12.2 Å². The highest BCUT2D eigenvalue weighted by Gasteiger charge is 2.24. The van der Waals surface area contributed by atoms with Crippen LogP contribution in [0.4, 0.5) is 9.59 Å². The first-order chi connectivity index (χ1) is 13.1. The standard InChI is InChI=1S/C20H23NO6/c1-25-20(24)27-14-18(22)17(12-15-8-4-2-5-9-15)21-19(23)26-13-16-10-6-3-7-11-16/h2-11,17-18,22H,12-14H2,1H3,(H,21,23). The van der Waals surface area contributed by atoms with Crippen molar-refractivity contribution in [2.45, 2.75) is 25.2 Å². The topological polar surface area (TPSA) is 94.1 Å². The molecule has 0 spiro atoms. The highest BCUT2D eigenvalue weighted by atomic mass is 16.7. The number of aliphatic hydroxyl groups is 1. The van der Waals surface area contributed by atoms with Crippen LogP contribution in [0.1, 0.15) is 11.1 Å².